The standard InChI is InChI=1S/C14H18N6O4/c1-19(2)6-17-13-15-3-8-11(18-13)20(7-16-8)12-9-10(22)14(4-21,24-12)5-23-9/h3,6-7,9-10,12,21-22H,4-5H2,1-2H3/b17-6+/t9-,10?,12+,14-/m0/s1. The summed E-state index contributed by atoms with van der Waals surface area (Å²) in [5.74, 6) is 0.291. The summed E-state index contributed by atoms with van der Waals surface area (Å²) in [6.07, 6.45) is 2.63. The monoisotopic (exact) mass is 334 g/mol. The normalized spacial score (nSPS) is 32.2. The second kappa shape index (κ2) is 5.45. The Morgan fingerprint density at radius 2 is 2.33 bits per heavy atom. The number of ether oxygens (including phenoxy) is 2. The number of aliphatic imine (C=N–C) groups is 1. The highest BCUT2D eigenvalue weighted by atomic mass is 16.7. The van der Waals surface area contributed by atoms with E-state index in [-0.39, 0.29) is 13.2 Å². The summed E-state index contributed by atoms with van der Waals surface area (Å²) in [5.41, 5.74) is 0.0141. The molecule has 24 heavy (non-hydrogen) atoms. The van der Waals surface area contributed by atoms with Crippen molar-refractivity contribution >= 4 is 23.5 Å². The van der Waals surface area contributed by atoms with Crippen LogP contribution < -0.4 is 0 Å². The minimum atomic E-state index is -1.09. The number of hydrogen-bond donors (Lipinski definition) is 2. The van der Waals surface area contributed by atoms with E-state index in [4.69, 9.17) is 9.47 Å². The molecule has 4 heterocycles. The van der Waals surface area contributed by atoms with Gasteiger partial charge in [0, 0.05) is 14.1 Å². The Labute approximate surface area is 137 Å². The fraction of sp³-hybridized carbons (Fsp3) is 0.571. The molecule has 2 bridgehead atoms. The lowest BCUT2D eigenvalue weighted by Crippen LogP contribution is -2.44. The summed E-state index contributed by atoms with van der Waals surface area (Å²) in [6, 6.07) is 0. The minimum Gasteiger partial charge on any atom is -0.393 e. The van der Waals surface area contributed by atoms with Crippen molar-refractivity contribution in [3.8, 4) is 0 Å². The van der Waals surface area contributed by atoms with Gasteiger partial charge < -0.3 is 24.6 Å². The van der Waals surface area contributed by atoms with Crippen LogP contribution in [0.15, 0.2) is 17.5 Å². The molecular weight excluding hydrogens is 316 g/mol. The molecule has 2 aromatic rings. The molecule has 2 aliphatic rings. The van der Waals surface area contributed by atoms with Gasteiger partial charge in [-0.05, 0) is 0 Å². The molecule has 2 aliphatic heterocycles. The Bertz CT molecular complexity index is 793. The molecule has 0 aliphatic carbocycles. The van der Waals surface area contributed by atoms with Gasteiger partial charge in [-0.2, -0.15) is 4.98 Å². The topological polar surface area (TPSA) is 118 Å². The van der Waals surface area contributed by atoms with Crippen molar-refractivity contribution in [2.24, 2.45) is 4.99 Å². The number of hydrogen-bond acceptors (Lipinski definition) is 8. The first-order valence-corrected chi connectivity index (χ1v) is 7.53. The molecule has 1 unspecified atom stereocenters. The van der Waals surface area contributed by atoms with Gasteiger partial charge in [0.15, 0.2) is 11.9 Å². The molecule has 0 amide bonds. The van der Waals surface area contributed by atoms with Crippen LogP contribution in [0.2, 0.25) is 0 Å². The molecule has 0 radical (unpaired) electrons. The molecule has 0 spiro atoms. The second-order valence-corrected chi connectivity index (χ2v) is 6.19. The van der Waals surface area contributed by atoms with Crippen LogP contribution in [0.5, 0.6) is 0 Å². The van der Waals surface area contributed by atoms with Gasteiger partial charge in [0.1, 0.15) is 23.3 Å². The molecule has 128 valence electrons. The molecule has 10 heteroatoms. The van der Waals surface area contributed by atoms with Crippen molar-refractivity contribution in [3.63, 3.8) is 0 Å². The highest BCUT2D eigenvalue weighted by Crippen LogP contribution is 2.45. The highest BCUT2D eigenvalue weighted by molar-refractivity contribution is 5.71. The van der Waals surface area contributed by atoms with E-state index in [0.717, 1.165) is 0 Å². The lowest BCUT2D eigenvalue weighted by atomic mass is 10.0. The maximum absolute atomic E-state index is 10.3. The summed E-state index contributed by atoms with van der Waals surface area (Å²) in [5, 5.41) is 19.9. The molecule has 2 aromatic heterocycles. The van der Waals surface area contributed by atoms with Crippen LogP contribution in [0.25, 0.3) is 11.2 Å². The van der Waals surface area contributed by atoms with E-state index >= 15 is 0 Å². The maximum atomic E-state index is 10.3. The van der Waals surface area contributed by atoms with E-state index in [1.165, 1.54) is 0 Å². The minimum absolute atomic E-state index is 0.159. The largest absolute Gasteiger partial charge is 0.393 e. The van der Waals surface area contributed by atoms with Crippen LogP contribution >= 0.6 is 0 Å². The van der Waals surface area contributed by atoms with Crippen LogP contribution in [-0.4, -0.2) is 86.1 Å². The fourth-order valence-electron chi connectivity index (χ4n) is 2.99. The number of imidazole rings is 1. The number of aliphatic hydroxyl groups is 2. The van der Waals surface area contributed by atoms with Gasteiger partial charge in [-0.15, -0.1) is 0 Å². The predicted molar refractivity (Wildman–Crippen MR) is 82.8 cm³/mol. The molecule has 2 fully saturated rings. The van der Waals surface area contributed by atoms with E-state index in [1.807, 2.05) is 14.1 Å². The predicted octanol–water partition coefficient (Wildman–Crippen LogP) is -0.933. The third kappa shape index (κ3) is 2.18. The third-order valence-corrected chi connectivity index (χ3v) is 4.26. The Morgan fingerprint density at radius 3 is 3.04 bits per heavy atom. The molecule has 4 atom stereocenters. The highest BCUT2D eigenvalue weighted by Gasteiger charge is 2.61. The summed E-state index contributed by atoms with van der Waals surface area (Å²) in [7, 11) is 3.70. The molecule has 0 aromatic carbocycles. The Balaban J connectivity index is 1.71. The Kier molecular flexibility index (Phi) is 3.49. The van der Waals surface area contributed by atoms with Crippen molar-refractivity contribution < 1.29 is 19.7 Å². The SMILES string of the molecule is CN(C)/C=N/c1ncc2ncn([C@@H]3O[C@@]4(CO)CO[C@H]3C4O)c2n1. The summed E-state index contributed by atoms with van der Waals surface area (Å²) in [4.78, 5) is 18.7. The van der Waals surface area contributed by atoms with Crippen LogP contribution in [-0.2, 0) is 9.47 Å². The van der Waals surface area contributed by atoms with Crippen molar-refractivity contribution in [2.75, 3.05) is 27.3 Å². The summed E-state index contributed by atoms with van der Waals surface area (Å²) < 4.78 is 13.2. The number of aliphatic hydroxyl groups excluding tert-OH is 2. The first kappa shape index (κ1) is 15.4. The second-order valence-electron chi connectivity index (χ2n) is 6.19. The molecule has 10 nitrogen and oxygen atoms in total. The molecule has 0 saturated carbocycles. The molecular formula is C14H18N6O4. The third-order valence-electron chi connectivity index (χ3n) is 4.26. The average Bonchev–Trinajstić information content (AvgIpc) is 3.22. The van der Waals surface area contributed by atoms with Crippen LogP contribution in [0.3, 0.4) is 0 Å². The van der Waals surface area contributed by atoms with Gasteiger partial charge in [0.2, 0.25) is 0 Å². The van der Waals surface area contributed by atoms with E-state index in [9.17, 15) is 10.2 Å². The van der Waals surface area contributed by atoms with Gasteiger partial charge in [0.25, 0.3) is 5.95 Å². The molecule has 4 rings (SSSR count). The van der Waals surface area contributed by atoms with E-state index in [0.29, 0.717) is 17.1 Å². The smallest absolute Gasteiger partial charge is 0.252 e. The zero-order valence-corrected chi connectivity index (χ0v) is 13.3. The van der Waals surface area contributed by atoms with Crippen molar-refractivity contribution in [1.82, 2.24) is 24.4 Å². The van der Waals surface area contributed by atoms with Crippen molar-refractivity contribution in [2.45, 2.75) is 24.0 Å². The van der Waals surface area contributed by atoms with E-state index in [1.54, 1.807) is 28.3 Å². The van der Waals surface area contributed by atoms with Gasteiger partial charge >= 0.3 is 0 Å². The van der Waals surface area contributed by atoms with E-state index in [2.05, 4.69) is 19.9 Å². The van der Waals surface area contributed by atoms with Crippen molar-refractivity contribution in [3.05, 3.63) is 12.5 Å². The summed E-state index contributed by atoms with van der Waals surface area (Å²) in [6.45, 7) is -0.160. The van der Waals surface area contributed by atoms with Crippen LogP contribution in [0.4, 0.5) is 5.95 Å². The Morgan fingerprint density at radius 1 is 1.50 bits per heavy atom. The molecule has 2 saturated heterocycles. The number of fused-ring (bicyclic) bond motifs is 3. The number of rotatable bonds is 4. The van der Waals surface area contributed by atoms with Gasteiger partial charge in [0.05, 0.1) is 32.1 Å². The molecule has 2 N–H and O–H groups in total. The lowest BCUT2D eigenvalue weighted by molar-refractivity contribution is -0.185. The fourth-order valence-corrected chi connectivity index (χ4v) is 2.99. The first-order valence-electron chi connectivity index (χ1n) is 7.53. The van der Waals surface area contributed by atoms with Gasteiger partial charge in [-0.3, -0.25) is 4.57 Å². The first-order chi connectivity index (χ1) is 11.5. The quantitative estimate of drug-likeness (QED) is 0.544. The number of aromatic nitrogens is 4. The van der Waals surface area contributed by atoms with Crippen LogP contribution in [0.1, 0.15) is 6.23 Å². The number of nitrogens with zero attached hydrogens (tertiary/aromatic N) is 6. The summed E-state index contributed by atoms with van der Waals surface area (Å²) >= 11 is 0. The zero-order valence-electron chi connectivity index (χ0n) is 13.3. The maximum Gasteiger partial charge on any atom is 0.252 e. The Hall–Kier alpha value is -2.14. The van der Waals surface area contributed by atoms with Crippen molar-refractivity contribution in [1.29, 1.82) is 0 Å². The average molecular weight is 334 g/mol. The van der Waals surface area contributed by atoms with Crippen LogP contribution in [0, 0.1) is 0 Å². The van der Waals surface area contributed by atoms with Gasteiger partial charge in [-0.25, -0.2) is 15.0 Å². The van der Waals surface area contributed by atoms with Gasteiger partial charge in [-0.1, -0.05) is 0 Å². The lowest BCUT2D eigenvalue weighted by Gasteiger charge is -2.29. The van der Waals surface area contributed by atoms with E-state index < -0.39 is 24.0 Å². The zero-order chi connectivity index (χ0) is 16.9.